The van der Waals surface area contributed by atoms with Crippen molar-refractivity contribution < 1.29 is 0 Å². The van der Waals surface area contributed by atoms with E-state index < -0.39 is 7.53 Å². The minimum Gasteiger partial charge on any atom is -0.256 e. The molecule has 6 rings (SSSR count). The first kappa shape index (κ1) is 24.0. The summed E-state index contributed by atoms with van der Waals surface area (Å²) in [5.74, 6) is 0. The predicted octanol–water partition coefficient (Wildman–Crippen LogP) is 10.8. The van der Waals surface area contributed by atoms with Crippen LogP contribution in [0.2, 0.25) is 0 Å². The van der Waals surface area contributed by atoms with Crippen molar-refractivity contribution >= 4 is 39.3 Å². The van der Waals surface area contributed by atoms with Crippen LogP contribution in [0.15, 0.2) is 97.2 Å². The van der Waals surface area contributed by atoms with Crippen LogP contribution in [0.4, 0.5) is 0 Å². The second kappa shape index (κ2) is 8.57. The number of pyridine rings is 1. The molecule has 6 aromatic rings. The van der Waals surface area contributed by atoms with Crippen LogP contribution in [-0.2, 0) is 10.8 Å². The molecular formula is C35H34NP. The van der Waals surface area contributed by atoms with E-state index in [0.29, 0.717) is 0 Å². The zero-order valence-corrected chi connectivity index (χ0v) is 23.5. The number of nitrogens with zero attached hydrogens (tertiary/aromatic N) is 1. The van der Waals surface area contributed by atoms with E-state index in [-0.39, 0.29) is 10.8 Å². The zero-order chi connectivity index (χ0) is 25.9. The maximum atomic E-state index is 4.82. The monoisotopic (exact) mass is 499 g/mol. The van der Waals surface area contributed by atoms with Gasteiger partial charge >= 0.3 is 0 Å². The number of hydrogen-bond donors (Lipinski definition) is 0. The van der Waals surface area contributed by atoms with Crippen LogP contribution in [-0.4, -0.2) is 4.98 Å². The van der Waals surface area contributed by atoms with Crippen molar-refractivity contribution in [1.82, 2.24) is 4.98 Å². The van der Waals surface area contributed by atoms with E-state index in [1.165, 1.54) is 53.8 Å². The summed E-state index contributed by atoms with van der Waals surface area (Å²) < 4.78 is 0. The van der Waals surface area contributed by atoms with Gasteiger partial charge < -0.3 is 0 Å². The molecule has 0 spiro atoms. The first-order valence-corrected chi connectivity index (χ1v) is 14.5. The third-order valence-electron chi connectivity index (χ3n) is 7.55. The normalized spacial score (nSPS) is 12.6. The molecule has 0 bridgehead atoms. The van der Waals surface area contributed by atoms with Crippen LogP contribution in [0.5, 0.6) is 0 Å². The third kappa shape index (κ3) is 4.16. The average molecular weight is 500 g/mol. The van der Waals surface area contributed by atoms with Crippen molar-refractivity contribution in [3.63, 3.8) is 0 Å². The predicted molar refractivity (Wildman–Crippen MR) is 164 cm³/mol. The van der Waals surface area contributed by atoms with Gasteiger partial charge in [0.1, 0.15) is 0 Å². The largest absolute Gasteiger partial charge is 0.256 e. The second-order valence-electron chi connectivity index (χ2n) is 12.2. The number of aromatic nitrogens is 1. The maximum Gasteiger partial charge on any atom is 0.0780 e. The SMILES string of the molecule is CC(C)(C)c1ccc2c(c1)c1cc(C(C)(C)C)ccc1p2-c1cccc(-c2nccc3ccccc23)c1. The van der Waals surface area contributed by atoms with Crippen molar-refractivity contribution in [2.45, 2.75) is 52.4 Å². The number of benzene rings is 4. The summed E-state index contributed by atoms with van der Waals surface area (Å²) in [6.07, 6.45) is 1.93. The standard InChI is InChI=1S/C35H34NP/c1-34(2,3)25-14-16-31-29(21-25)30-22-26(35(4,5)6)15-17-32(30)37(31)27-12-9-11-24(20-27)33-28-13-8-7-10-23(28)18-19-36-33/h7-22H,1-6H3. The molecule has 0 atom stereocenters. The van der Waals surface area contributed by atoms with Crippen molar-refractivity contribution in [2.75, 3.05) is 0 Å². The summed E-state index contributed by atoms with van der Waals surface area (Å²) in [6, 6.07) is 34.2. The Morgan fingerprint density at radius 3 is 1.81 bits per heavy atom. The molecule has 0 radical (unpaired) electrons. The Balaban J connectivity index is 1.63. The quantitative estimate of drug-likeness (QED) is 0.231. The fraction of sp³-hybridized carbons (Fsp3) is 0.229. The topological polar surface area (TPSA) is 12.9 Å². The lowest BCUT2D eigenvalue weighted by atomic mass is 9.85. The molecule has 4 aromatic carbocycles. The summed E-state index contributed by atoms with van der Waals surface area (Å²) in [7, 11) is -0.646. The van der Waals surface area contributed by atoms with E-state index in [0.717, 1.165) is 5.69 Å². The van der Waals surface area contributed by atoms with Crippen LogP contribution in [0.1, 0.15) is 52.7 Å². The summed E-state index contributed by atoms with van der Waals surface area (Å²) >= 11 is 0. The molecule has 0 aliphatic rings. The van der Waals surface area contributed by atoms with E-state index in [1.807, 2.05) is 6.20 Å². The van der Waals surface area contributed by atoms with E-state index in [1.54, 1.807) is 0 Å². The first-order chi connectivity index (χ1) is 17.6. The highest BCUT2D eigenvalue weighted by Gasteiger charge is 2.21. The van der Waals surface area contributed by atoms with Crippen LogP contribution in [0.25, 0.3) is 48.3 Å². The zero-order valence-electron chi connectivity index (χ0n) is 22.6. The van der Waals surface area contributed by atoms with Gasteiger partial charge in [0.15, 0.2) is 0 Å². The second-order valence-corrected chi connectivity index (χ2v) is 14.4. The number of hydrogen-bond acceptors (Lipinski definition) is 1. The molecule has 0 saturated carbocycles. The van der Waals surface area contributed by atoms with Gasteiger partial charge in [-0.1, -0.05) is 104 Å². The van der Waals surface area contributed by atoms with Gasteiger partial charge in [-0.2, -0.15) is 0 Å². The van der Waals surface area contributed by atoms with Gasteiger partial charge in [0.05, 0.1) is 5.69 Å². The first-order valence-electron chi connectivity index (χ1n) is 13.1. The Morgan fingerprint density at radius 2 is 1.19 bits per heavy atom. The molecule has 184 valence electrons. The molecule has 2 heterocycles. The minimum absolute atomic E-state index is 0.113. The molecule has 0 aliphatic carbocycles. The fourth-order valence-electron chi connectivity index (χ4n) is 5.38. The maximum absolute atomic E-state index is 4.82. The van der Waals surface area contributed by atoms with Gasteiger partial charge in [-0.3, -0.25) is 4.98 Å². The van der Waals surface area contributed by atoms with Crippen LogP contribution < -0.4 is 0 Å². The molecule has 0 unspecified atom stereocenters. The summed E-state index contributed by atoms with van der Waals surface area (Å²) in [6.45, 7) is 13.8. The molecule has 2 aromatic heterocycles. The van der Waals surface area contributed by atoms with Gasteiger partial charge in [0.2, 0.25) is 0 Å². The van der Waals surface area contributed by atoms with Gasteiger partial charge in [-0.25, -0.2) is 0 Å². The van der Waals surface area contributed by atoms with E-state index in [2.05, 4.69) is 133 Å². The van der Waals surface area contributed by atoms with Crippen molar-refractivity contribution in [2.24, 2.45) is 0 Å². The van der Waals surface area contributed by atoms with E-state index in [9.17, 15) is 0 Å². The highest BCUT2D eigenvalue weighted by molar-refractivity contribution is 7.67. The summed E-state index contributed by atoms with van der Waals surface area (Å²) in [5, 5.41) is 9.56. The lowest BCUT2D eigenvalue weighted by Gasteiger charge is -2.20. The number of rotatable bonds is 2. The van der Waals surface area contributed by atoms with Crippen LogP contribution >= 0.6 is 7.53 Å². The van der Waals surface area contributed by atoms with Crippen molar-refractivity contribution in [3.8, 4) is 16.6 Å². The molecule has 0 fully saturated rings. The minimum atomic E-state index is -0.646. The smallest absolute Gasteiger partial charge is 0.0780 e. The third-order valence-corrected chi connectivity index (χ3v) is 10.1. The van der Waals surface area contributed by atoms with Crippen LogP contribution in [0.3, 0.4) is 0 Å². The summed E-state index contributed by atoms with van der Waals surface area (Å²) in [5.41, 5.74) is 5.25. The van der Waals surface area contributed by atoms with Gasteiger partial charge in [-0.15, -0.1) is 0 Å². The molecule has 0 N–H and O–H groups in total. The Hall–Kier alpha value is -3.41. The van der Waals surface area contributed by atoms with Gasteiger partial charge in [0, 0.05) is 27.4 Å². The Kier molecular flexibility index (Phi) is 5.55. The van der Waals surface area contributed by atoms with Crippen LogP contribution in [0, 0.1) is 0 Å². The van der Waals surface area contributed by atoms with Gasteiger partial charge in [0.25, 0.3) is 0 Å². The number of fused-ring (bicyclic) bond motifs is 4. The highest BCUT2D eigenvalue weighted by Crippen LogP contribution is 2.56. The van der Waals surface area contributed by atoms with E-state index >= 15 is 0 Å². The molecule has 2 heteroatoms. The summed E-state index contributed by atoms with van der Waals surface area (Å²) in [4.78, 5) is 4.82. The Morgan fingerprint density at radius 1 is 0.568 bits per heavy atom. The lowest BCUT2D eigenvalue weighted by Crippen LogP contribution is -2.10. The Bertz CT molecular complexity index is 1710. The highest BCUT2D eigenvalue weighted by atomic mass is 31.1. The lowest BCUT2D eigenvalue weighted by molar-refractivity contribution is 0.590. The molecular weight excluding hydrogens is 465 g/mol. The van der Waals surface area contributed by atoms with Crippen molar-refractivity contribution in [3.05, 3.63) is 108 Å². The van der Waals surface area contributed by atoms with E-state index in [4.69, 9.17) is 4.98 Å². The molecule has 0 aliphatic heterocycles. The van der Waals surface area contributed by atoms with Crippen molar-refractivity contribution in [1.29, 1.82) is 0 Å². The molecule has 37 heavy (non-hydrogen) atoms. The molecule has 0 saturated heterocycles. The molecule has 1 nitrogen and oxygen atoms in total. The average Bonchev–Trinajstić information content (AvgIpc) is 3.20. The van der Waals surface area contributed by atoms with Gasteiger partial charge in [-0.05, 0) is 79.8 Å². The molecule has 0 amide bonds. The fourth-order valence-corrected chi connectivity index (χ4v) is 7.99. The Labute approximate surface area is 221 Å².